The fourth-order valence-electron chi connectivity index (χ4n) is 1.19. The molecule has 1 aromatic rings. The first-order chi connectivity index (χ1) is 6.77. The van der Waals surface area contributed by atoms with Crippen molar-refractivity contribution in [3.8, 4) is 0 Å². The lowest BCUT2D eigenvalue weighted by atomic mass is 10.2. The average molecular weight is 250 g/mol. The van der Waals surface area contributed by atoms with E-state index in [0.717, 1.165) is 6.42 Å². The maximum absolute atomic E-state index is 5.80. The first-order valence-corrected chi connectivity index (χ1v) is 6.18. The summed E-state index contributed by atoms with van der Waals surface area (Å²) in [5.41, 5.74) is 1.40. The van der Waals surface area contributed by atoms with Crippen LogP contribution in [0.4, 0.5) is 0 Å². The Morgan fingerprint density at radius 2 is 2.50 bits per heavy atom. The Bertz CT molecular complexity index is 282. The quantitative estimate of drug-likeness (QED) is 0.829. The number of halogens is 2. The summed E-state index contributed by atoms with van der Waals surface area (Å²) in [5, 5.41) is 6.07. The molecule has 1 heterocycles. The molecule has 0 aliphatic carbocycles. The van der Waals surface area contributed by atoms with Gasteiger partial charge in [-0.15, -0.1) is 11.3 Å². The Morgan fingerprint density at radius 1 is 1.71 bits per heavy atom. The second kappa shape index (κ2) is 6.46. The largest absolute Gasteiger partial charge is 0.304 e. The van der Waals surface area contributed by atoms with E-state index >= 15 is 0 Å². The van der Waals surface area contributed by atoms with Gasteiger partial charge in [0.25, 0.3) is 0 Å². The molecule has 0 aliphatic rings. The highest BCUT2D eigenvalue weighted by atomic mass is 35.5. The molecular weight excluding hydrogens is 237 g/mol. The van der Waals surface area contributed by atoms with Crippen LogP contribution in [-0.2, 0) is 0 Å². The van der Waals surface area contributed by atoms with E-state index in [-0.39, 0.29) is 0 Å². The van der Waals surface area contributed by atoms with Gasteiger partial charge in [-0.25, -0.2) is 0 Å². The Morgan fingerprint density at radius 3 is 3.00 bits per heavy atom. The van der Waals surface area contributed by atoms with Crippen molar-refractivity contribution in [1.82, 2.24) is 5.32 Å². The van der Waals surface area contributed by atoms with Gasteiger partial charge in [-0.1, -0.05) is 36.2 Å². The molecule has 0 bridgehead atoms. The summed E-state index contributed by atoms with van der Waals surface area (Å²) in [4.78, 5) is 1.34. The Kier molecular flexibility index (Phi) is 5.56. The second-order valence-electron chi connectivity index (χ2n) is 2.91. The number of thiophene rings is 1. The van der Waals surface area contributed by atoms with Crippen LogP contribution in [-0.4, -0.2) is 6.54 Å². The molecule has 4 heteroatoms. The van der Waals surface area contributed by atoms with Crippen LogP contribution < -0.4 is 5.32 Å². The van der Waals surface area contributed by atoms with Crippen LogP contribution in [0.1, 0.15) is 24.3 Å². The van der Waals surface area contributed by atoms with Crippen molar-refractivity contribution in [3.05, 3.63) is 33.0 Å². The van der Waals surface area contributed by atoms with Crippen molar-refractivity contribution in [2.45, 2.75) is 19.4 Å². The summed E-state index contributed by atoms with van der Waals surface area (Å²) in [5.74, 6) is 0. The molecule has 1 rings (SSSR count). The summed E-state index contributed by atoms with van der Waals surface area (Å²) >= 11 is 13.0. The summed E-state index contributed by atoms with van der Waals surface area (Å²) in [6.07, 6.45) is 1.05. The molecule has 1 unspecified atom stereocenters. The molecule has 0 radical (unpaired) electrons. The summed E-state index contributed by atoms with van der Waals surface area (Å²) in [6.45, 7) is 2.77. The van der Waals surface area contributed by atoms with Crippen molar-refractivity contribution < 1.29 is 0 Å². The molecular formula is C10H13Cl2NS. The van der Waals surface area contributed by atoms with E-state index in [1.54, 1.807) is 11.3 Å². The van der Waals surface area contributed by atoms with Gasteiger partial charge in [0, 0.05) is 28.0 Å². The van der Waals surface area contributed by atoms with Gasteiger partial charge in [-0.3, -0.25) is 0 Å². The minimum atomic E-state index is 0.375. The first-order valence-electron chi connectivity index (χ1n) is 4.49. The third kappa shape index (κ3) is 3.62. The fourth-order valence-corrected chi connectivity index (χ4v) is 2.23. The molecule has 0 fully saturated rings. The zero-order chi connectivity index (χ0) is 10.4. The SMILES string of the molecule is CCC(NCC(Cl)=CCl)c1cccs1. The normalized spacial score (nSPS) is 14.4. The molecule has 14 heavy (non-hydrogen) atoms. The van der Waals surface area contributed by atoms with Crippen molar-refractivity contribution in [1.29, 1.82) is 0 Å². The topological polar surface area (TPSA) is 12.0 Å². The lowest BCUT2D eigenvalue weighted by Crippen LogP contribution is -2.21. The number of nitrogens with one attached hydrogen (secondary N) is 1. The van der Waals surface area contributed by atoms with Gasteiger partial charge in [-0.2, -0.15) is 0 Å². The van der Waals surface area contributed by atoms with Crippen LogP contribution in [0.15, 0.2) is 28.1 Å². The van der Waals surface area contributed by atoms with Gasteiger partial charge >= 0.3 is 0 Å². The minimum Gasteiger partial charge on any atom is -0.304 e. The van der Waals surface area contributed by atoms with Gasteiger partial charge in [0.15, 0.2) is 0 Å². The Hall–Kier alpha value is -0.0200. The number of rotatable bonds is 5. The molecule has 0 amide bonds. The highest BCUT2D eigenvalue weighted by molar-refractivity contribution is 7.10. The zero-order valence-electron chi connectivity index (χ0n) is 7.97. The molecule has 1 nitrogen and oxygen atoms in total. The molecule has 78 valence electrons. The predicted molar refractivity (Wildman–Crippen MR) is 65.1 cm³/mol. The molecule has 0 saturated heterocycles. The van der Waals surface area contributed by atoms with Crippen LogP contribution in [0.25, 0.3) is 0 Å². The molecule has 1 N–H and O–H groups in total. The van der Waals surface area contributed by atoms with E-state index in [0.29, 0.717) is 17.6 Å². The van der Waals surface area contributed by atoms with Crippen molar-refractivity contribution >= 4 is 34.5 Å². The van der Waals surface area contributed by atoms with Crippen LogP contribution in [0, 0.1) is 0 Å². The predicted octanol–water partition coefficient (Wildman–Crippen LogP) is 4.11. The van der Waals surface area contributed by atoms with Crippen LogP contribution >= 0.6 is 34.5 Å². The van der Waals surface area contributed by atoms with Crippen LogP contribution in [0.3, 0.4) is 0 Å². The van der Waals surface area contributed by atoms with Gasteiger partial charge < -0.3 is 5.32 Å². The Labute approximate surface area is 98.7 Å². The lowest BCUT2D eigenvalue weighted by molar-refractivity contribution is 0.558. The summed E-state index contributed by atoms with van der Waals surface area (Å²) in [7, 11) is 0. The molecule has 0 spiro atoms. The molecule has 1 atom stereocenters. The second-order valence-corrected chi connectivity index (χ2v) is 4.60. The van der Waals surface area contributed by atoms with E-state index in [9.17, 15) is 0 Å². The number of hydrogen-bond acceptors (Lipinski definition) is 2. The van der Waals surface area contributed by atoms with Gasteiger partial charge in [0.2, 0.25) is 0 Å². The van der Waals surface area contributed by atoms with Crippen molar-refractivity contribution in [2.24, 2.45) is 0 Å². The van der Waals surface area contributed by atoms with Gasteiger partial charge in [0.05, 0.1) is 0 Å². The molecule has 0 aliphatic heterocycles. The molecule has 0 aromatic carbocycles. The van der Waals surface area contributed by atoms with E-state index < -0.39 is 0 Å². The third-order valence-electron chi connectivity index (χ3n) is 1.93. The van der Waals surface area contributed by atoms with Gasteiger partial charge in [0.1, 0.15) is 0 Å². The molecule has 0 saturated carbocycles. The maximum atomic E-state index is 5.80. The summed E-state index contributed by atoms with van der Waals surface area (Å²) in [6, 6.07) is 4.56. The Balaban J connectivity index is 2.48. The van der Waals surface area contributed by atoms with Crippen LogP contribution in [0.2, 0.25) is 0 Å². The van der Waals surface area contributed by atoms with Crippen molar-refractivity contribution in [3.63, 3.8) is 0 Å². The van der Waals surface area contributed by atoms with E-state index in [1.807, 2.05) is 0 Å². The minimum absolute atomic E-state index is 0.375. The smallest absolute Gasteiger partial charge is 0.0432 e. The third-order valence-corrected chi connectivity index (χ3v) is 3.53. The fraction of sp³-hybridized carbons (Fsp3) is 0.400. The monoisotopic (exact) mass is 249 g/mol. The first kappa shape index (κ1) is 12.1. The van der Waals surface area contributed by atoms with E-state index in [1.165, 1.54) is 10.4 Å². The van der Waals surface area contributed by atoms with Crippen LogP contribution in [0.5, 0.6) is 0 Å². The maximum Gasteiger partial charge on any atom is 0.0432 e. The highest BCUT2D eigenvalue weighted by Gasteiger charge is 2.09. The molecule has 1 aromatic heterocycles. The van der Waals surface area contributed by atoms with E-state index in [4.69, 9.17) is 23.2 Å². The van der Waals surface area contributed by atoms with E-state index in [2.05, 4.69) is 29.8 Å². The average Bonchev–Trinajstić information content (AvgIpc) is 2.72. The lowest BCUT2D eigenvalue weighted by Gasteiger charge is -2.14. The summed E-state index contributed by atoms with van der Waals surface area (Å²) < 4.78 is 0. The standard InChI is InChI=1S/C10H13Cl2NS/c1-2-9(10-4-3-5-14-10)13-7-8(12)6-11/h3-6,9,13H,2,7H2,1H3. The zero-order valence-corrected chi connectivity index (χ0v) is 10.3. The highest BCUT2D eigenvalue weighted by Crippen LogP contribution is 2.21. The number of hydrogen-bond donors (Lipinski definition) is 1. The van der Waals surface area contributed by atoms with Crippen molar-refractivity contribution in [2.75, 3.05) is 6.54 Å². The van der Waals surface area contributed by atoms with Gasteiger partial charge in [-0.05, 0) is 17.9 Å².